The van der Waals surface area contributed by atoms with E-state index in [1.165, 1.54) is 18.4 Å². The molecule has 0 radical (unpaired) electrons. The van der Waals surface area contributed by atoms with Crippen molar-refractivity contribution in [2.75, 3.05) is 0 Å². The summed E-state index contributed by atoms with van der Waals surface area (Å²) in [6.07, 6.45) is 4.54. The molecule has 2 bridgehead atoms. The number of rotatable bonds is 3. The Hall–Kier alpha value is -2.30. The van der Waals surface area contributed by atoms with Crippen LogP contribution >= 0.6 is 12.4 Å². The molecule has 0 saturated carbocycles. The van der Waals surface area contributed by atoms with Crippen LogP contribution in [0.15, 0.2) is 48.5 Å². The number of nitrogens with zero attached hydrogens (tertiary/aromatic N) is 1. The summed E-state index contributed by atoms with van der Waals surface area (Å²) >= 11 is 0. The van der Waals surface area contributed by atoms with Gasteiger partial charge in [-0.3, -0.25) is 4.79 Å². The first-order chi connectivity index (χ1) is 13.6. The lowest BCUT2D eigenvalue weighted by molar-refractivity contribution is 0.0926. The summed E-state index contributed by atoms with van der Waals surface area (Å²) in [4.78, 5) is 13.5. The summed E-state index contributed by atoms with van der Waals surface area (Å²) in [5, 5.41) is 8.06. The second kappa shape index (κ2) is 7.85. The third kappa shape index (κ3) is 3.56. The second-order valence-electron chi connectivity index (χ2n) is 8.45. The lowest BCUT2D eigenvalue weighted by atomic mass is 9.98. The Labute approximate surface area is 178 Å². The molecule has 1 amide bonds. The van der Waals surface area contributed by atoms with Crippen LogP contribution in [-0.4, -0.2) is 28.6 Å². The molecular formula is C24H28ClN3O. The third-order valence-electron chi connectivity index (χ3n) is 6.44. The second-order valence-corrected chi connectivity index (χ2v) is 8.45. The first-order valence-corrected chi connectivity index (χ1v) is 10.3. The molecule has 29 heavy (non-hydrogen) atoms. The molecule has 152 valence electrons. The van der Waals surface area contributed by atoms with Crippen molar-refractivity contribution >= 4 is 29.2 Å². The van der Waals surface area contributed by atoms with Crippen LogP contribution in [0.3, 0.4) is 0 Å². The van der Waals surface area contributed by atoms with E-state index in [1.54, 1.807) is 0 Å². The average Bonchev–Trinajstić information content (AvgIpc) is 3.18. The van der Waals surface area contributed by atoms with Gasteiger partial charge in [-0.05, 0) is 49.8 Å². The lowest BCUT2D eigenvalue weighted by Gasteiger charge is -2.29. The molecule has 2 N–H and O–H groups in total. The molecule has 3 heterocycles. The van der Waals surface area contributed by atoms with Gasteiger partial charge in [-0.15, -0.1) is 12.4 Å². The maximum atomic E-state index is 13.5. The van der Waals surface area contributed by atoms with Gasteiger partial charge in [-0.25, -0.2) is 0 Å². The molecule has 0 spiro atoms. The summed E-state index contributed by atoms with van der Waals surface area (Å²) in [5.74, 6) is 0.0552. The van der Waals surface area contributed by atoms with Gasteiger partial charge in [0.05, 0.1) is 11.3 Å². The molecule has 2 aromatic carbocycles. The molecule has 2 atom stereocenters. The van der Waals surface area contributed by atoms with E-state index in [9.17, 15) is 4.79 Å². The van der Waals surface area contributed by atoms with E-state index in [4.69, 9.17) is 0 Å². The van der Waals surface area contributed by atoms with E-state index in [2.05, 4.69) is 59.5 Å². The smallest absolute Gasteiger partial charge is 0.254 e. The number of nitrogens with one attached hydrogen (secondary N) is 2. The molecule has 1 aromatic heterocycles. The molecule has 3 aromatic rings. The first-order valence-electron chi connectivity index (χ1n) is 10.3. The Kier molecular flexibility index (Phi) is 5.41. The quantitative estimate of drug-likeness (QED) is 0.664. The van der Waals surface area contributed by atoms with E-state index in [-0.39, 0.29) is 24.4 Å². The number of fused-ring (bicyclic) bond motifs is 3. The Balaban J connectivity index is 0.00000205. The third-order valence-corrected chi connectivity index (χ3v) is 6.44. The van der Waals surface area contributed by atoms with Gasteiger partial charge in [0.25, 0.3) is 5.91 Å². The number of amides is 1. The van der Waals surface area contributed by atoms with Crippen LogP contribution < -0.4 is 10.6 Å². The van der Waals surface area contributed by atoms with E-state index >= 15 is 0 Å². The summed E-state index contributed by atoms with van der Waals surface area (Å²) in [7, 11) is 2.06. The molecule has 5 heteroatoms. The highest BCUT2D eigenvalue weighted by atomic mass is 35.5. The fourth-order valence-corrected chi connectivity index (χ4v) is 5.14. The standard InChI is InChI=1S/C24H27N3O.ClH/c1-15-8-11-20-21(12-15)27(2)23(16-6-4-3-5-7-16)22(20)24(28)26-19-13-17-9-10-18(14-19)25-17;/h3-8,11-12,17-19,25H,9-10,13-14H2,1-2H3,(H,26,28);1H. The first kappa shape index (κ1) is 20.0. The Morgan fingerprint density at radius 3 is 2.45 bits per heavy atom. The SMILES string of the molecule is Cc1ccc2c(C(=O)NC3CC4CCC(C3)N4)c(-c3ccccc3)n(C)c2c1.Cl. The van der Waals surface area contributed by atoms with Crippen molar-refractivity contribution in [1.82, 2.24) is 15.2 Å². The molecule has 2 aliphatic heterocycles. The number of carbonyl (C=O) groups excluding carboxylic acids is 1. The van der Waals surface area contributed by atoms with Crippen LogP contribution in [0.4, 0.5) is 0 Å². The topological polar surface area (TPSA) is 46.1 Å². The van der Waals surface area contributed by atoms with Crippen molar-refractivity contribution in [2.24, 2.45) is 7.05 Å². The zero-order valence-electron chi connectivity index (χ0n) is 16.9. The zero-order chi connectivity index (χ0) is 19.3. The van der Waals surface area contributed by atoms with E-state index < -0.39 is 0 Å². The minimum absolute atomic E-state index is 0. The Morgan fingerprint density at radius 2 is 1.76 bits per heavy atom. The predicted octanol–water partition coefficient (Wildman–Crippen LogP) is 4.59. The number of aryl methyl sites for hydroxylation is 2. The van der Waals surface area contributed by atoms with Crippen LogP contribution in [0.1, 0.15) is 41.6 Å². The molecule has 2 fully saturated rings. The molecule has 4 nitrogen and oxygen atoms in total. The number of hydrogen-bond acceptors (Lipinski definition) is 2. The van der Waals surface area contributed by atoms with Crippen molar-refractivity contribution in [3.8, 4) is 11.3 Å². The van der Waals surface area contributed by atoms with Crippen LogP contribution in [0.25, 0.3) is 22.2 Å². The van der Waals surface area contributed by atoms with Crippen molar-refractivity contribution in [3.63, 3.8) is 0 Å². The highest BCUT2D eigenvalue weighted by molar-refractivity contribution is 6.13. The highest BCUT2D eigenvalue weighted by Crippen LogP contribution is 2.34. The zero-order valence-corrected chi connectivity index (χ0v) is 17.8. The molecule has 2 unspecified atom stereocenters. The number of halogens is 1. The van der Waals surface area contributed by atoms with Crippen molar-refractivity contribution < 1.29 is 4.79 Å². The summed E-state index contributed by atoms with van der Waals surface area (Å²) in [6, 6.07) is 18.0. The lowest BCUT2D eigenvalue weighted by Crippen LogP contribution is -2.48. The summed E-state index contributed by atoms with van der Waals surface area (Å²) in [5.41, 5.74) is 5.18. The van der Waals surface area contributed by atoms with E-state index in [1.807, 2.05) is 18.2 Å². The summed E-state index contributed by atoms with van der Waals surface area (Å²) in [6.45, 7) is 2.10. The highest BCUT2D eigenvalue weighted by Gasteiger charge is 2.35. The van der Waals surface area contributed by atoms with Gasteiger partial charge in [-0.1, -0.05) is 42.5 Å². The average molecular weight is 410 g/mol. The van der Waals surface area contributed by atoms with Gasteiger partial charge in [0, 0.05) is 36.1 Å². The molecule has 5 rings (SSSR count). The summed E-state index contributed by atoms with van der Waals surface area (Å²) < 4.78 is 2.17. The predicted molar refractivity (Wildman–Crippen MR) is 121 cm³/mol. The van der Waals surface area contributed by atoms with Gasteiger partial charge in [0.15, 0.2) is 0 Å². The monoisotopic (exact) mass is 409 g/mol. The fourth-order valence-electron chi connectivity index (χ4n) is 5.14. The van der Waals surface area contributed by atoms with Crippen molar-refractivity contribution in [2.45, 2.75) is 50.7 Å². The molecule has 2 saturated heterocycles. The van der Waals surface area contributed by atoms with E-state index in [0.29, 0.717) is 12.1 Å². The molecule has 2 aliphatic rings. The number of carbonyl (C=O) groups is 1. The molecular weight excluding hydrogens is 382 g/mol. The number of benzene rings is 2. The number of aromatic nitrogens is 1. The fraction of sp³-hybridized carbons (Fsp3) is 0.375. The molecule has 0 aliphatic carbocycles. The largest absolute Gasteiger partial charge is 0.349 e. The van der Waals surface area contributed by atoms with Gasteiger partial charge in [0.2, 0.25) is 0 Å². The normalized spacial score (nSPS) is 23.0. The Bertz CT molecular complexity index is 1030. The van der Waals surface area contributed by atoms with Gasteiger partial charge >= 0.3 is 0 Å². The number of hydrogen-bond donors (Lipinski definition) is 2. The number of piperidine rings is 1. The van der Waals surface area contributed by atoms with Crippen molar-refractivity contribution in [1.29, 1.82) is 0 Å². The van der Waals surface area contributed by atoms with Crippen molar-refractivity contribution in [3.05, 3.63) is 59.7 Å². The van der Waals surface area contributed by atoms with Gasteiger partial charge in [-0.2, -0.15) is 0 Å². The van der Waals surface area contributed by atoms with Crippen LogP contribution in [-0.2, 0) is 7.05 Å². The maximum absolute atomic E-state index is 13.5. The van der Waals surface area contributed by atoms with Gasteiger partial charge in [0.1, 0.15) is 0 Å². The minimum Gasteiger partial charge on any atom is -0.349 e. The minimum atomic E-state index is 0. The maximum Gasteiger partial charge on any atom is 0.254 e. The Morgan fingerprint density at radius 1 is 1.07 bits per heavy atom. The van der Waals surface area contributed by atoms with Crippen LogP contribution in [0.2, 0.25) is 0 Å². The van der Waals surface area contributed by atoms with E-state index in [0.717, 1.165) is 40.6 Å². The van der Waals surface area contributed by atoms with Gasteiger partial charge < -0.3 is 15.2 Å². The van der Waals surface area contributed by atoms with Crippen LogP contribution in [0.5, 0.6) is 0 Å². The van der Waals surface area contributed by atoms with Crippen LogP contribution in [0, 0.1) is 6.92 Å².